The molecule has 1 atom stereocenters. The van der Waals surface area contributed by atoms with E-state index in [4.69, 9.17) is 0 Å². The Morgan fingerprint density at radius 2 is 1.91 bits per heavy atom. The standard InChI is InChI=1S/C14H18N4O4/c1-3-6-17-11(20)12(21)18(13(17)22)7-10(19)16-14(2,8-15)9-4-5-9/h9H,3-7H2,1-2H3,(H,16,19)/t14-/m0/s1. The van der Waals surface area contributed by atoms with Crippen LogP contribution in [0.3, 0.4) is 0 Å². The summed E-state index contributed by atoms with van der Waals surface area (Å²) in [7, 11) is 0. The molecule has 1 saturated carbocycles. The quantitative estimate of drug-likeness (QED) is 0.548. The first kappa shape index (κ1) is 15.9. The molecule has 0 unspecified atom stereocenters. The number of nitrogens with one attached hydrogen (secondary N) is 1. The number of nitriles is 1. The van der Waals surface area contributed by atoms with E-state index in [0.717, 1.165) is 17.7 Å². The number of rotatable bonds is 6. The molecule has 0 aromatic rings. The lowest BCUT2D eigenvalue weighted by atomic mass is 9.98. The van der Waals surface area contributed by atoms with Crippen molar-refractivity contribution in [1.82, 2.24) is 15.1 Å². The summed E-state index contributed by atoms with van der Waals surface area (Å²) < 4.78 is 0. The molecule has 0 radical (unpaired) electrons. The number of urea groups is 1. The summed E-state index contributed by atoms with van der Waals surface area (Å²) in [5.74, 6) is -2.45. The Morgan fingerprint density at radius 1 is 1.32 bits per heavy atom. The molecule has 0 aromatic carbocycles. The van der Waals surface area contributed by atoms with E-state index in [2.05, 4.69) is 11.4 Å². The molecule has 2 rings (SSSR count). The van der Waals surface area contributed by atoms with Crippen molar-refractivity contribution in [3.63, 3.8) is 0 Å². The van der Waals surface area contributed by atoms with E-state index in [1.165, 1.54) is 0 Å². The molecule has 2 aliphatic rings. The molecular formula is C14H18N4O4. The maximum absolute atomic E-state index is 12.0. The van der Waals surface area contributed by atoms with Gasteiger partial charge in [-0.25, -0.2) is 9.69 Å². The molecule has 1 saturated heterocycles. The average Bonchev–Trinajstić information content (AvgIpc) is 3.30. The molecule has 118 valence electrons. The molecule has 0 bridgehead atoms. The number of nitrogens with zero attached hydrogens (tertiary/aromatic N) is 3. The van der Waals surface area contributed by atoms with Crippen molar-refractivity contribution >= 4 is 23.8 Å². The number of amides is 5. The predicted octanol–water partition coefficient (Wildman–Crippen LogP) is -0.00432. The number of hydrogen-bond donors (Lipinski definition) is 1. The summed E-state index contributed by atoms with van der Waals surface area (Å²) in [5, 5.41) is 11.7. The van der Waals surface area contributed by atoms with Gasteiger partial charge in [0, 0.05) is 6.54 Å². The Labute approximate surface area is 128 Å². The Bertz CT molecular complexity index is 578. The van der Waals surface area contributed by atoms with Crippen molar-refractivity contribution in [1.29, 1.82) is 5.26 Å². The molecule has 8 nitrogen and oxygen atoms in total. The predicted molar refractivity (Wildman–Crippen MR) is 74.0 cm³/mol. The third-order valence-corrected chi connectivity index (χ3v) is 3.91. The van der Waals surface area contributed by atoms with Crippen LogP contribution in [0.15, 0.2) is 0 Å². The first-order chi connectivity index (χ1) is 10.3. The highest BCUT2D eigenvalue weighted by molar-refractivity contribution is 6.45. The van der Waals surface area contributed by atoms with Gasteiger partial charge in [-0.15, -0.1) is 0 Å². The van der Waals surface area contributed by atoms with E-state index in [9.17, 15) is 24.4 Å². The SMILES string of the molecule is CCCN1C(=O)C(=O)N(CC(=O)N[C@@](C)(C#N)C2CC2)C1=O. The van der Waals surface area contributed by atoms with Gasteiger partial charge in [-0.2, -0.15) is 5.26 Å². The van der Waals surface area contributed by atoms with E-state index in [-0.39, 0.29) is 12.5 Å². The van der Waals surface area contributed by atoms with Crippen molar-refractivity contribution in [2.24, 2.45) is 5.92 Å². The maximum atomic E-state index is 12.0. The van der Waals surface area contributed by atoms with Crippen molar-refractivity contribution < 1.29 is 19.2 Å². The van der Waals surface area contributed by atoms with Gasteiger partial charge in [-0.05, 0) is 32.1 Å². The van der Waals surface area contributed by atoms with Crippen molar-refractivity contribution in [3.8, 4) is 6.07 Å². The van der Waals surface area contributed by atoms with Gasteiger partial charge >= 0.3 is 17.8 Å². The molecule has 8 heteroatoms. The topological polar surface area (TPSA) is 111 Å². The monoisotopic (exact) mass is 306 g/mol. The van der Waals surface area contributed by atoms with E-state index in [1.54, 1.807) is 13.8 Å². The fourth-order valence-corrected chi connectivity index (χ4v) is 2.47. The lowest BCUT2D eigenvalue weighted by Crippen LogP contribution is -2.51. The smallest absolute Gasteiger partial charge is 0.334 e. The van der Waals surface area contributed by atoms with Crippen LogP contribution in [0.2, 0.25) is 0 Å². The van der Waals surface area contributed by atoms with E-state index < -0.39 is 35.8 Å². The summed E-state index contributed by atoms with van der Waals surface area (Å²) in [6.07, 6.45) is 2.24. The van der Waals surface area contributed by atoms with Gasteiger partial charge in [0.1, 0.15) is 12.1 Å². The fourth-order valence-electron chi connectivity index (χ4n) is 2.47. The second-order valence-corrected chi connectivity index (χ2v) is 5.77. The number of imide groups is 2. The molecule has 1 aliphatic carbocycles. The Kier molecular flexibility index (Phi) is 4.17. The van der Waals surface area contributed by atoms with Gasteiger partial charge in [-0.3, -0.25) is 19.3 Å². The third-order valence-electron chi connectivity index (χ3n) is 3.91. The van der Waals surface area contributed by atoms with Gasteiger partial charge < -0.3 is 5.32 Å². The zero-order chi connectivity index (χ0) is 16.5. The zero-order valence-electron chi connectivity index (χ0n) is 12.6. The van der Waals surface area contributed by atoms with Crippen LogP contribution >= 0.6 is 0 Å². The first-order valence-corrected chi connectivity index (χ1v) is 7.23. The minimum Gasteiger partial charge on any atom is -0.336 e. The van der Waals surface area contributed by atoms with Crippen molar-refractivity contribution in [2.45, 2.75) is 38.6 Å². The largest absolute Gasteiger partial charge is 0.336 e. The summed E-state index contributed by atoms with van der Waals surface area (Å²) in [6.45, 7) is 2.98. The molecule has 1 N–H and O–H groups in total. The van der Waals surface area contributed by atoms with E-state index in [1.807, 2.05) is 0 Å². The minimum atomic E-state index is -1.00. The van der Waals surface area contributed by atoms with Crippen molar-refractivity contribution in [2.75, 3.05) is 13.1 Å². The molecule has 0 spiro atoms. The van der Waals surface area contributed by atoms with Crippen LogP contribution in [0.25, 0.3) is 0 Å². The maximum Gasteiger partial charge on any atom is 0.334 e. The molecule has 1 aliphatic heterocycles. The molecule has 2 fully saturated rings. The van der Waals surface area contributed by atoms with Gasteiger partial charge in [0.15, 0.2) is 0 Å². The van der Waals surface area contributed by atoms with Crippen LogP contribution in [-0.4, -0.2) is 52.2 Å². The van der Waals surface area contributed by atoms with Crippen LogP contribution in [0.5, 0.6) is 0 Å². The zero-order valence-corrected chi connectivity index (χ0v) is 12.6. The van der Waals surface area contributed by atoms with Crippen LogP contribution in [0, 0.1) is 17.2 Å². The highest BCUT2D eigenvalue weighted by atomic mass is 16.2. The molecule has 1 heterocycles. The molecule has 22 heavy (non-hydrogen) atoms. The van der Waals surface area contributed by atoms with Gasteiger partial charge in [0.2, 0.25) is 5.91 Å². The lowest BCUT2D eigenvalue weighted by molar-refractivity contribution is -0.144. The van der Waals surface area contributed by atoms with Crippen LogP contribution < -0.4 is 5.32 Å². The lowest BCUT2D eigenvalue weighted by Gasteiger charge is -2.24. The Hall–Kier alpha value is -2.43. The summed E-state index contributed by atoms with van der Waals surface area (Å²) in [4.78, 5) is 49.0. The Morgan fingerprint density at radius 3 is 2.41 bits per heavy atom. The highest BCUT2D eigenvalue weighted by Crippen LogP contribution is 2.39. The highest BCUT2D eigenvalue weighted by Gasteiger charge is 2.47. The molecular weight excluding hydrogens is 288 g/mol. The Balaban J connectivity index is 2.02. The average molecular weight is 306 g/mol. The number of hydrogen-bond acceptors (Lipinski definition) is 5. The van der Waals surface area contributed by atoms with Crippen molar-refractivity contribution in [3.05, 3.63) is 0 Å². The van der Waals surface area contributed by atoms with Gasteiger partial charge in [0.05, 0.1) is 6.07 Å². The van der Waals surface area contributed by atoms with Gasteiger partial charge in [-0.1, -0.05) is 6.92 Å². The van der Waals surface area contributed by atoms with E-state index in [0.29, 0.717) is 11.3 Å². The molecule has 0 aromatic heterocycles. The van der Waals surface area contributed by atoms with E-state index >= 15 is 0 Å². The summed E-state index contributed by atoms with van der Waals surface area (Å²) >= 11 is 0. The minimum absolute atomic E-state index is 0.0876. The first-order valence-electron chi connectivity index (χ1n) is 7.23. The van der Waals surface area contributed by atoms with Crippen LogP contribution in [0.4, 0.5) is 4.79 Å². The second kappa shape index (κ2) is 5.75. The van der Waals surface area contributed by atoms with Gasteiger partial charge in [0.25, 0.3) is 0 Å². The normalized spacial score (nSPS) is 20.9. The van der Waals surface area contributed by atoms with Crippen LogP contribution in [0.1, 0.15) is 33.1 Å². The van der Waals surface area contributed by atoms with Crippen LogP contribution in [-0.2, 0) is 14.4 Å². The fraction of sp³-hybridized carbons (Fsp3) is 0.643. The second-order valence-electron chi connectivity index (χ2n) is 5.77. The number of carbonyl (C=O) groups is 4. The third kappa shape index (κ3) is 2.79. The summed E-state index contributed by atoms with van der Waals surface area (Å²) in [5.41, 5.74) is -1.00. The summed E-state index contributed by atoms with van der Waals surface area (Å²) in [6, 6.07) is 1.28. The number of carbonyl (C=O) groups excluding carboxylic acids is 4. The molecule has 5 amide bonds.